The van der Waals surface area contributed by atoms with Crippen LogP contribution in [0.3, 0.4) is 0 Å². The molecule has 0 fully saturated rings. The second-order valence-electron chi connectivity index (χ2n) is 7.09. The molecule has 2 aromatic heterocycles. The van der Waals surface area contributed by atoms with Crippen LogP contribution in [0.5, 0.6) is 11.5 Å². The molecule has 31 heavy (non-hydrogen) atoms. The summed E-state index contributed by atoms with van der Waals surface area (Å²) < 4.78 is 17.4. The van der Waals surface area contributed by atoms with Crippen LogP contribution < -0.4 is 28.8 Å². The Kier molecular flexibility index (Phi) is 6.00. The second-order valence-corrected chi connectivity index (χ2v) is 10.1. The van der Waals surface area contributed by atoms with Gasteiger partial charge >= 0.3 is 0 Å². The van der Waals surface area contributed by atoms with Gasteiger partial charge in [-0.15, -0.1) is 11.3 Å². The lowest BCUT2D eigenvalue weighted by molar-refractivity contribution is -0.642. The van der Waals surface area contributed by atoms with Gasteiger partial charge in [-0.2, -0.15) is 4.57 Å². The minimum Gasteiger partial charge on any atom is -0.493 e. The molecule has 0 atom stereocenters. The highest BCUT2D eigenvalue weighted by atomic mass is 32.2. The third kappa shape index (κ3) is 3.93. The van der Waals surface area contributed by atoms with Gasteiger partial charge in [-0.1, -0.05) is 23.1 Å². The number of thioether (sulfide) groups is 1. The zero-order valence-corrected chi connectivity index (χ0v) is 20.7. The first kappa shape index (κ1) is 21.7. The number of ether oxygens (including phenoxy) is 2. The molecule has 0 saturated heterocycles. The van der Waals surface area contributed by atoms with E-state index in [-0.39, 0.29) is 5.56 Å². The normalized spacial score (nSPS) is 16.6. The quantitative estimate of drug-likeness (QED) is 0.544. The molecule has 0 unspecified atom stereocenters. The van der Waals surface area contributed by atoms with Gasteiger partial charge in [-0.3, -0.25) is 4.79 Å². The lowest BCUT2D eigenvalue weighted by atomic mass is 10.3. The number of aromatic nitrogens is 2. The van der Waals surface area contributed by atoms with Gasteiger partial charge in [0.1, 0.15) is 16.4 Å². The standard InChI is InChI=1S/C22H24N3O3S3/c1-13-12-29-19(23(13)2)8-7-17-22(26)25(4)21(30-17)11-20-24(3)14-9-15(27-5)16(28-6)10-18(14)31-20/h7-12H,1-6H3/q+1/b17-7+,19-8-. The Labute approximate surface area is 192 Å². The third-order valence-corrected chi connectivity index (χ3v) is 8.66. The highest BCUT2D eigenvalue weighted by Crippen LogP contribution is 2.34. The van der Waals surface area contributed by atoms with Gasteiger partial charge in [0.25, 0.3) is 10.6 Å². The van der Waals surface area contributed by atoms with Crippen LogP contribution in [0.4, 0.5) is 0 Å². The Bertz CT molecular complexity index is 1410. The van der Waals surface area contributed by atoms with Crippen LogP contribution in [0.15, 0.2) is 39.1 Å². The van der Waals surface area contributed by atoms with Crippen molar-refractivity contribution >= 4 is 56.8 Å². The van der Waals surface area contributed by atoms with E-state index in [1.165, 1.54) is 17.0 Å². The third-order valence-electron chi connectivity index (χ3n) is 5.27. The predicted octanol–water partition coefficient (Wildman–Crippen LogP) is 2.49. The molecule has 9 heteroatoms. The minimum absolute atomic E-state index is 0.00975. The van der Waals surface area contributed by atoms with Gasteiger partial charge in [-0.05, 0) is 24.5 Å². The lowest BCUT2D eigenvalue weighted by Gasteiger charge is -2.13. The summed E-state index contributed by atoms with van der Waals surface area (Å²) in [5.74, 6) is 1.40. The molecule has 0 radical (unpaired) electrons. The van der Waals surface area contributed by atoms with E-state index in [2.05, 4.69) is 27.9 Å². The van der Waals surface area contributed by atoms with Crippen LogP contribution in [0.25, 0.3) is 22.4 Å². The number of aryl methyl sites for hydroxylation is 1. The first-order valence-corrected chi connectivity index (χ1v) is 12.1. The van der Waals surface area contributed by atoms with Gasteiger partial charge in [0.05, 0.1) is 35.9 Å². The van der Waals surface area contributed by atoms with E-state index >= 15 is 0 Å². The fourth-order valence-electron chi connectivity index (χ4n) is 3.22. The topological polar surface area (TPSA) is 47.6 Å². The number of benzene rings is 1. The molecule has 1 aliphatic rings. The molecular formula is C22H24N3O3S3+. The maximum atomic E-state index is 12.8. The molecule has 4 rings (SSSR count). The molecule has 0 aliphatic carbocycles. The summed E-state index contributed by atoms with van der Waals surface area (Å²) >= 11 is 4.81. The smallest absolute Gasteiger partial charge is 0.268 e. The molecule has 1 aliphatic heterocycles. The minimum atomic E-state index is 0.00975. The van der Waals surface area contributed by atoms with Crippen LogP contribution in [0.1, 0.15) is 11.9 Å². The number of methoxy groups -OCH3 is 2. The van der Waals surface area contributed by atoms with Crippen LogP contribution in [-0.4, -0.2) is 30.7 Å². The predicted molar refractivity (Wildman–Crippen MR) is 130 cm³/mol. The summed E-state index contributed by atoms with van der Waals surface area (Å²) in [6.07, 6.45) is 5.98. The number of thiazole rings is 2. The van der Waals surface area contributed by atoms with Crippen LogP contribution in [-0.2, 0) is 14.1 Å². The molecule has 162 valence electrons. The summed E-state index contributed by atoms with van der Waals surface area (Å²) in [5, 5.41) is 4.26. The molecule has 1 aromatic carbocycles. The SMILES string of the molecule is COc1cc2sc(C=c3s/c(=C/C=C4\SC=C(C)N4C)c(=O)n3C)[n+](C)c2cc1OC. The first-order valence-electron chi connectivity index (χ1n) is 9.55. The monoisotopic (exact) mass is 474 g/mol. The van der Waals surface area contributed by atoms with E-state index in [0.29, 0.717) is 16.0 Å². The fourth-order valence-corrected chi connectivity index (χ4v) is 6.27. The molecule has 0 spiro atoms. The Morgan fingerprint density at radius 2 is 1.77 bits per heavy atom. The van der Waals surface area contributed by atoms with Crippen molar-refractivity contribution in [1.82, 2.24) is 9.47 Å². The van der Waals surface area contributed by atoms with Gasteiger partial charge in [0, 0.05) is 25.9 Å². The van der Waals surface area contributed by atoms with E-state index < -0.39 is 0 Å². The van der Waals surface area contributed by atoms with E-state index in [4.69, 9.17) is 9.47 Å². The molecule has 0 bridgehead atoms. The lowest BCUT2D eigenvalue weighted by Crippen LogP contribution is -2.31. The van der Waals surface area contributed by atoms with Crippen molar-refractivity contribution in [3.8, 4) is 11.5 Å². The average molecular weight is 475 g/mol. The molecular weight excluding hydrogens is 450 g/mol. The zero-order valence-electron chi connectivity index (χ0n) is 18.3. The van der Waals surface area contributed by atoms with Crippen LogP contribution in [0.2, 0.25) is 0 Å². The average Bonchev–Trinajstić information content (AvgIpc) is 3.35. The maximum Gasteiger partial charge on any atom is 0.268 e. The number of nitrogens with zero attached hydrogens (tertiary/aromatic N) is 3. The zero-order chi connectivity index (χ0) is 22.3. The number of hydrogen-bond acceptors (Lipinski definition) is 7. The Hall–Kier alpha value is -2.49. The molecule has 0 N–H and O–H groups in total. The van der Waals surface area contributed by atoms with Crippen molar-refractivity contribution < 1.29 is 14.0 Å². The Morgan fingerprint density at radius 1 is 1.06 bits per heavy atom. The summed E-state index contributed by atoms with van der Waals surface area (Å²) in [6.45, 7) is 2.07. The summed E-state index contributed by atoms with van der Waals surface area (Å²) in [5.41, 5.74) is 2.26. The van der Waals surface area contributed by atoms with Crippen molar-refractivity contribution in [3.63, 3.8) is 0 Å². The number of rotatable bonds is 4. The Morgan fingerprint density at radius 3 is 2.42 bits per heavy atom. The van der Waals surface area contributed by atoms with Crippen molar-refractivity contribution in [1.29, 1.82) is 0 Å². The molecule has 0 amide bonds. The number of hydrogen-bond donors (Lipinski definition) is 0. The second kappa shape index (κ2) is 8.57. The fraction of sp³-hybridized carbons (Fsp3) is 0.273. The van der Waals surface area contributed by atoms with Crippen molar-refractivity contribution in [2.24, 2.45) is 14.1 Å². The summed E-state index contributed by atoms with van der Waals surface area (Å²) in [6, 6.07) is 3.97. The van der Waals surface area contributed by atoms with E-state index in [1.54, 1.807) is 41.9 Å². The number of allylic oxidation sites excluding steroid dienone is 2. The van der Waals surface area contributed by atoms with Crippen LogP contribution >= 0.6 is 34.4 Å². The summed E-state index contributed by atoms with van der Waals surface area (Å²) in [7, 11) is 9.14. The Balaban J connectivity index is 1.80. The van der Waals surface area contributed by atoms with Crippen molar-refractivity contribution in [2.45, 2.75) is 6.92 Å². The highest BCUT2D eigenvalue weighted by Gasteiger charge is 2.19. The van der Waals surface area contributed by atoms with Gasteiger partial charge < -0.3 is 18.9 Å². The van der Waals surface area contributed by atoms with Gasteiger partial charge in [0.2, 0.25) is 5.52 Å². The molecule has 0 saturated carbocycles. The number of fused-ring (bicyclic) bond motifs is 1. The van der Waals surface area contributed by atoms with E-state index in [0.717, 1.165) is 24.9 Å². The van der Waals surface area contributed by atoms with Gasteiger partial charge in [-0.25, -0.2) is 0 Å². The maximum absolute atomic E-state index is 12.8. The highest BCUT2D eigenvalue weighted by molar-refractivity contribution is 8.06. The molecule has 3 heterocycles. The van der Waals surface area contributed by atoms with E-state index in [1.807, 2.05) is 45.4 Å². The first-order chi connectivity index (χ1) is 14.8. The molecule has 6 nitrogen and oxygen atoms in total. The molecule has 3 aromatic rings. The van der Waals surface area contributed by atoms with Crippen LogP contribution in [0, 0.1) is 0 Å². The summed E-state index contributed by atoms with van der Waals surface area (Å²) in [4.78, 5) is 14.9. The van der Waals surface area contributed by atoms with Gasteiger partial charge in [0.15, 0.2) is 11.5 Å². The van der Waals surface area contributed by atoms with Crippen molar-refractivity contribution in [2.75, 3.05) is 21.3 Å². The van der Waals surface area contributed by atoms with Crippen molar-refractivity contribution in [3.05, 3.63) is 58.9 Å². The largest absolute Gasteiger partial charge is 0.493 e. The van der Waals surface area contributed by atoms with E-state index in [9.17, 15) is 4.79 Å².